The van der Waals surface area contributed by atoms with Crippen LogP contribution in [0.1, 0.15) is 67.2 Å². The van der Waals surface area contributed by atoms with E-state index in [1.807, 2.05) is 0 Å². The van der Waals surface area contributed by atoms with E-state index in [1.54, 1.807) is 39.0 Å². The first-order chi connectivity index (χ1) is 29.3. The zero-order valence-electron chi connectivity index (χ0n) is 35.3. The van der Waals surface area contributed by atoms with Crippen LogP contribution in [0.5, 0.6) is 0 Å². The lowest BCUT2D eigenvalue weighted by Crippen LogP contribution is -2.50. The fourth-order valence-electron chi connectivity index (χ4n) is 5.87. The Kier molecular flexibility index (Phi) is 21.9. The number of carboxylic acid groups (broad SMARTS) is 3. The van der Waals surface area contributed by atoms with Crippen molar-refractivity contribution in [2.24, 2.45) is 5.11 Å². The molecule has 0 aliphatic heterocycles. The Balaban J connectivity index is 2.20. The minimum Gasteiger partial charge on any atom is -0.480 e. The van der Waals surface area contributed by atoms with E-state index in [1.165, 1.54) is 36.3 Å². The van der Waals surface area contributed by atoms with Crippen LogP contribution in [-0.2, 0) is 33.4 Å². The third kappa shape index (κ3) is 20.0. The molecule has 6 N–H and O–H groups in total. The molecular formula is C40H55N9O13. The molecule has 0 bridgehead atoms. The van der Waals surface area contributed by atoms with E-state index >= 15 is 0 Å². The summed E-state index contributed by atoms with van der Waals surface area (Å²) in [7, 11) is 1.20. The van der Waals surface area contributed by atoms with E-state index in [4.69, 9.17) is 15.0 Å². The summed E-state index contributed by atoms with van der Waals surface area (Å²) in [6.45, 7) is 2.13. The number of hydrogen-bond acceptors (Lipinski definition) is 13. The summed E-state index contributed by atoms with van der Waals surface area (Å²) in [6.07, 6.45) is 2.22. The van der Waals surface area contributed by atoms with Crippen LogP contribution in [0.3, 0.4) is 0 Å². The maximum Gasteiger partial charge on any atom is 0.407 e. The molecule has 0 aliphatic carbocycles. The summed E-state index contributed by atoms with van der Waals surface area (Å²) in [4.78, 5) is 105. The molecule has 4 amide bonds. The van der Waals surface area contributed by atoms with Crippen LogP contribution in [0.2, 0.25) is 0 Å². The second kappa shape index (κ2) is 26.4. The SMILES string of the molecule is COC(=O)c1ccccc1-c1cc(C(=O)NCCN(CC(=O)NCCCCCCNC(=O)OC(C)(C)C)C(=O)CN(CCN(CC(=O)O)CC(=O)O)CC(=O)O)ccc1N=[N+]=[N-]. The highest BCUT2D eigenvalue weighted by molar-refractivity contribution is 6.01. The Labute approximate surface area is 358 Å². The fourth-order valence-corrected chi connectivity index (χ4v) is 5.87. The minimum atomic E-state index is -1.32. The van der Waals surface area contributed by atoms with Crippen LogP contribution < -0.4 is 16.0 Å². The van der Waals surface area contributed by atoms with Gasteiger partial charge in [-0.25, -0.2) is 9.59 Å². The van der Waals surface area contributed by atoms with Gasteiger partial charge in [0.1, 0.15) is 5.60 Å². The van der Waals surface area contributed by atoms with E-state index in [-0.39, 0.29) is 55.1 Å². The number of carbonyl (C=O) groups is 8. The van der Waals surface area contributed by atoms with Gasteiger partial charge in [0.2, 0.25) is 11.8 Å². The van der Waals surface area contributed by atoms with Crippen molar-refractivity contribution in [1.82, 2.24) is 30.7 Å². The van der Waals surface area contributed by atoms with Crippen molar-refractivity contribution in [3.8, 4) is 11.1 Å². The number of carboxylic acids is 3. The van der Waals surface area contributed by atoms with Crippen molar-refractivity contribution in [1.29, 1.82) is 0 Å². The highest BCUT2D eigenvalue weighted by Gasteiger charge is 2.24. The summed E-state index contributed by atoms with van der Waals surface area (Å²) >= 11 is 0. The highest BCUT2D eigenvalue weighted by atomic mass is 16.6. The summed E-state index contributed by atoms with van der Waals surface area (Å²) in [6, 6.07) is 10.5. The van der Waals surface area contributed by atoms with E-state index in [9.17, 15) is 53.7 Å². The zero-order chi connectivity index (χ0) is 46.2. The van der Waals surface area contributed by atoms with E-state index in [0.717, 1.165) is 22.6 Å². The number of ether oxygens (including phenoxy) is 2. The normalized spacial score (nSPS) is 10.9. The van der Waals surface area contributed by atoms with Crippen molar-refractivity contribution < 1.29 is 63.1 Å². The number of carbonyl (C=O) groups excluding carboxylic acids is 5. The molecule has 22 nitrogen and oxygen atoms in total. The second-order valence-electron chi connectivity index (χ2n) is 14.8. The Bertz CT molecular complexity index is 1930. The van der Waals surface area contributed by atoms with Crippen LogP contribution in [0, 0.1) is 0 Å². The molecule has 338 valence electrons. The highest BCUT2D eigenvalue weighted by Crippen LogP contribution is 2.34. The van der Waals surface area contributed by atoms with Gasteiger partial charge in [-0.15, -0.1) is 0 Å². The van der Waals surface area contributed by atoms with Crippen LogP contribution in [0.25, 0.3) is 21.6 Å². The average Bonchev–Trinajstić information content (AvgIpc) is 3.19. The van der Waals surface area contributed by atoms with Crippen LogP contribution in [0.4, 0.5) is 10.5 Å². The minimum absolute atomic E-state index is 0.0905. The molecule has 0 aromatic heterocycles. The quantitative estimate of drug-likeness (QED) is 0.0247. The van der Waals surface area contributed by atoms with Gasteiger partial charge < -0.3 is 45.6 Å². The van der Waals surface area contributed by atoms with Gasteiger partial charge in [-0.2, -0.15) is 0 Å². The lowest BCUT2D eigenvalue weighted by Gasteiger charge is -2.28. The van der Waals surface area contributed by atoms with Gasteiger partial charge >= 0.3 is 30.0 Å². The number of benzene rings is 2. The molecule has 0 atom stereocenters. The number of azide groups is 1. The Morgan fingerprint density at radius 1 is 0.710 bits per heavy atom. The smallest absolute Gasteiger partial charge is 0.407 e. The molecule has 0 aliphatic rings. The number of nitrogens with zero attached hydrogens (tertiary/aromatic N) is 6. The largest absolute Gasteiger partial charge is 0.480 e. The molecule has 2 rings (SSSR count). The third-order valence-electron chi connectivity index (χ3n) is 8.65. The summed E-state index contributed by atoms with van der Waals surface area (Å²) in [5.41, 5.74) is 9.49. The zero-order valence-corrected chi connectivity index (χ0v) is 35.3. The van der Waals surface area contributed by atoms with Crippen LogP contribution >= 0.6 is 0 Å². The first-order valence-electron chi connectivity index (χ1n) is 19.6. The van der Waals surface area contributed by atoms with Crippen LogP contribution in [0.15, 0.2) is 47.6 Å². The summed E-state index contributed by atoms with van der Waals surface area (Å²) in [5, 5.41) is 39.7. The topological polar surface area (TPSA) is 310 Å². The van der Waals surface area contributed by atoms with E-state index in [0.29, 0.717) is 24.9 Å². The van der Waals surface area contributed by atoms with Crippen molar-refractivity contribution in [3.05, 3.63) is 64.0 Å². The molecule has 0 saturated heterocycles. The molecule has 0 radical (unpaired) electrons. The van der Waals surface area contributed by atoms with Gasteiger partial charge in [0, 0.05) is 55.4 Å². The summed E-state index contributed by atoms with van der Waals surface area (Å²) < 4.78 is 10.1. The first kappa shape index (κ1) is 51.4. The number of methoxy groups -OCH3 is 1. The molecule has 22 heteroatoms. The lowest BCUT2D eigenvalue weighted by atomic mass is 9.96. The summed E-state index contributed by atoms with van der Waals surface area (Å²) in [5.74, 6) is -6.49. The molecule has 0 fully saturated rings. The Morgan fingerprint density at radius 3 is 1.85 bits per heavy atom. The van der Waals surface area contributed by atoms with Gasteiger partial charge in [-0.1, -0.05) is 42.2 Å². The standard InChI is InChI=1S/C40H55N9O13/c1-40(2,3)62-39(60)44-16-10-6-5-9-15-42-32(50)22-49(33(51)23-47(24-34(52)53)19-20-48(25-35(54)55)26-36(56)57)18-17-43-37(58)27-13-14-31(45-46-41)30(21-27)28-11-7-8-12-29(28)38(59)61-4/h7-8,11-14,21H,5-6,9-10,15-20,22-26H2,1-4H3,(H,42,50)(H,43,58)(H,44,60)(H,52,53)(H,54,55)(H,56,57). The fraction of sp³-hybridized carbons (Fsp3) is 0.500. The molecule has 2 aromatic carbocycles. The number of nitrogens with one attached hydrogen (secondary N) is 3. The number of alkyl carbamates (subject to hydrolysis) is 1. The van der Waals surface area contributed by atoms with E-state index in [2.05, 4.69) is 26.0 Å². The second-order valence-corrected chi connectivity index (χ2v) is 14.8. The van der Waals surface area contributed by atoms with Crippen LogP contribution in [-0.4, -0.2) is 162 Å². The number of aliphatic carboxylic acids is 3. The lowest BCUT2D eigenvalue weighted by molar-refractivity contribution is -0.144. The third-order valence-corrected chi connectivity index (χ3v) is 8.65. The maximum absolute atomic E-state index is 13.7. The number of unbranched alkanes of at least 4 members (excludes halogenated alkanes) is 3. The molecule has 0 saturated carbocycles. The van der Waals surface area contributed by atoms with Gasteiger partial charge in [0.15, 0.2) is 0 Å². The van der Waals surface area contributed by atoms with Crippen molar-refractivity contribution in [2.75, 3.05) is 79.1 Å². The number of rotatable bonds is 27. The molecule has 0 spiro atoms. The molecule has 2 aromatic rings. The van der Waals surface area contributed by atoms with Gasteiger partial charge in [-0.05, 0) is 68.5 Å². The Hall–Kier alpha value is -6.77. The van der Waals surface area contributed by atoms with Gasteiger partial charge in [0.25, 0.3) is 5.91 Å². The molecular weight excluding hydrogens is 814 g/mol. The van der Waals surface area contributed by atoms with Gasteiger partial charge in [0.05, 0.1) is 45.4 Å². The molecule has 62 heavy (non-hydrogen) atoms. The predicted octanol–water partition coefficient (Wildman–Crippen LogP) is 2.70. The number of amides is 4. The van der Waals surface area contributed by atoms with Crippen molar-refractivity contribution in [2.45, 2.75) is 52.1 Å². The first-order valence-corrected chi connectivity index (χ1v) is 19.6. The van der Waals surface area contributed by atoms with Crippen molar-refractivity contribution >= 4 is 53.4 Å². The predicted molar refractivity (Wildman–Crippen MR) is 222 cm³/mol. The van der Waals surface area contributed by atoms with Crippen molar-refractivity contribution in [3.63, 3.8) is 0 Å². The number of hydrogen-bond donors (Lipinski definition) is 6. The Morgan fingerprint density at radius 2 is 1.29 bits per heavy atom. The maximum atomic E-state index is 13.7. The number of esters is 1. The average molecular weight is 870 g/mol. The van der Waals surface area contributed by atoms with Gasteiger partial charge in [-0.3, -0.25) is 38.6 Å². The molecule has 0 heterocycles. The monoisotopic (exact) mass is 869 g/mol. The molecule has 0 unspecified atom stereocenters. The van der Waals surface area contributed by atoms with E-state index < -0.39 is 86.0 Å².